The highest BCUT2D eigenvalue weighted by atomic mass is 19.1. The molecule has 2 heterocycles. The molecule has 0 saturated carbocycles. The van der Waals surface area contributed by atoms with Crippen molar-refractivity contribution in [2.75, 3.05) is 13.1 Å². The molecular formula is C8H13FN4. The van der Waals surface area contributed by atoms with Gasteiger partial charge in [0.1, 0.15) is 6.33 Å². The van der Waals surface area contributed by atoms with E-state index in [0.717, 1.165) is 13.0 Å². The van der Waals surface area contributed by atoms with E-state index in [9.17, 15) is 4.39 Å². The summed E-state index contributed by atoms with van der Waals surface area (Å²) in [5.74, 6) is 0.430. The first kappa shape index (κ1) is 8.62. The highest BCUT2D eigenvalue weighted by Gasteiger charge is 2.37. The molecule has 1 saturated heterocycles. The van der Waals surface area contributed by atoms with Gasteiger partial charge in [0.2, 0.25) is 0 Å². The smallest absolute Gasteiger partial charge is 0.182 e. The van der Waals surface area contributed by atoms with Crippen molar-refractivity contribution >= 4 is 0 Å². The van der Waals surface area contributed by atoms with E-state index in [1.54, 1.807) is 11.6 Å². The molecule has 13 heavy (non-hydrogen) atoms. The molecule has 0 radical (unpaired) electrons. The maximum atomic E-state index is 14.2. The average molecular weight is 184 g/mol. The molecule has 0 aliphatic carbocycles. The minimum Gasteiger partial charge on any atom is -0.318 e. The second-order valence-electron chi connectivity index (χ2n) is 3.51. The molecule has 1 aliphatic rings. The number of aromatic nitrogens is 3. The zero-order chi connectivity index (χ0) is 9.31. The van der Waals surface area contributed by atoms with Crippen LogP contribution in [0.2, 0.25) is 0 Å². The Bertz CT molecular complexity index is 290. The van der Waals surface area contributed by atoms with Crippen molar-refractivity contribution in [3.8, 4) is 0 Å². The molecule has 2 rings (SSSR count). The van der Waals surface area contributed by atoms with E-state index in [0.29, 0.717) is 18.8 Å². The molecule has 1 unspecified atom stereocenters. The summed E-state index contributed by atoms with van der Waals surface area (Å²) < 4.78 is 15.9. The Morgan fingerprint density at radius 2 is 2.54 bits per heavy atom. The van der Waals surface area contributed by atoms with Crippen LogP contribution in [0.5, 0.6) is 0 Å². The first-order valence-corrected chi connectivity index (χ1v) is 4.46. The van der Waals surface area contributed by atoms with Gasteiger partial charge in [0.05, 0.1) is 0 Å². The lowest BCUT2D eigenvalue weighted by Gasteiger charge is -2.28. The average Bonchev–Trinajstić information content (AvgIpc) is 2.53. The van der Waals surface area contributed by atoms with Gasteiger partial charge in [0.25, 0.3) is 0 Å². The first-order chi connectivity index (χ1) is 6.22. The molecule has 72 valence electrons. The lowest BCUT2D eigenvalue weighted by atomic mass is 9.95. The lowest BCUT2D eigenvalue weighted by Crippen LogP contribution is -2.41. The van der Waals surface area contributed by atoms with Gasteiger partial charge in [-0.25, -0.2) is 4.39 Å². The van der Waals surface area contributed by atoms with Crippen LogP contribution < -0.4 is 5.32 Å². The van der Waals surface area contributed by atoms with Crippen LogP contribution in [0.4, 0.5) is 4.39 Å². The van der Waals surface area contributed by atoms with Crippen LogP contribution in [-0.4, -0.2) is 27.9 Å². The Balaban J connectivity index is 2.27. The Labute approximate surface area is 76.2 Å². The molecule has 1 atom stereocenters. The SMILES string of the molecule is Cn1cnnc1C1(F)CCCNC1. The number of aryl methyl sites for hydroxylation is 1. The van der Waals surface area contributed by atoms with Crippen molar-refractivity contribution in [3.05, 3.63) is 12.2 Å². The fraction of sp³-hybridized carbons (Fsp3) is 0.750. The third kappa shape index (κ3) is 1.44. The minimum atomic E-state index is -1.33. The van der Waals surface area contributed by atoms with Gasteiger partial charge < -0.3 is 9.88 Å². The summed E-state index contributed by atoms with van der Waals surface area (Å²) in [5.41, 5.74) is -1.33. The van der Waals surface area contributed by atoms with Crippen molar-refractivity contribution in [2.45, 2.75) is 18.5 Å². The Morgan fingerprint density at radius 1 is 1.69 bits per heavy atom. The van der Waals surface area contributed by atoms with Crippen molar-refractivity contribution in [2.24, 2.45) is 7.05 Å². The molecule has 1 aromatic heterocycles. The number of alkyl halides is 1. The zero-order valence-corrected chi connectivity index (χ0v) is 7.63. The number of piperidine rings is 1. The molecule has 5 heteroatoms. The number of nitrogens with one attached hydrogen (secondary N) is 1. The summed E-state index contributed by atoms with van der Waals surface area (Å²) in [7, 11) is 1.77. The summed E-state index contributed by atoms with van der Waals surface area (Å²) in [6, 6.07) is 0. The Morgan fingerprint density at radius 3 is 3.08 bits per heavy atom. The number of rotatable bonds is 1. The van der Waals surface area contributed by atoms with Gasteiger partial charge in [0.15, 0.2) is 11.5 Å². The van der Waals surface area contributed by atoms with Gasteiger partial charge in [-0.05, 0) is 19.4 Å². The van der Waals surface area contributed by atoms with Crippen LogP contribution in [0.15, 0.2) is 6.33 Å². The van der Waals surface area contributed by atoms with Gasteiger partial charge in [-0.15, -0.1) is 10.2 Å². The number of hydrogen-bond donors (Lipinski definition) is 1. The van der Waals surface area contributed by atoms with E-state index in [2.05, 4.69) is 15.5 Å². The van der Waals surface area contributed by atoms with Gasteiger partial charge in [-0.1, -0.05) is 0 Å². The number of halogens is 1. The molecule has 0 amide bonds. The lowest BCUT2D eigenvalue weighted by molar-refractivity contribution is 0.107. The zero-order valence-electron chi connectivity index (χ0n) is 7.63. The molecule has 1 aliphatic heterocycles. The van der Waals surface area contributed by atoms with E-state index in [4.69, 9.17) is 0 Å². The number of hydrogen-bond acceptors (Lipinski definition) is 3. The molecule has 1 N–H and O–H groups in total. The maximum absolute atomic E-state index is 14.2. The largest absolute Gasteiger partial charge is 0.318 e. The van der Waals surface area contributed by atoms with E-state index in [1.807, 2.05) is 0 Å². The fourth-order valence-electron chi connectivity index (χ4n) is 1.75. The van der Waals surface area contributed by atoms with E-state index in [1.165, 1.54) is 6.33 Å². The molecule has 1 aromatic rings. The molecule has 4 nitrogen and oxygen atoms in total. The standard InChI is InChI=1S/C8H13FN4/c1-13-6-11-12-7(13)8(9)3-2-4-10-5-8/h6,10H,2-5H2,1H3. The van der Waals surface area contributed by atoms with Crippen molar-refractivity contribution in [1.82, 2.24) is 20.1 Å². The summed E-state index contributed by atoms with van der Waals surface area (Å²) >= 11 is 0. The summed E-state index contributed by atoms with van der Waals surface area (Å²) in [6.45, 7) is 1.24. The van der Waals surface area contributed by atoms with E-state index >= 15 is 0 Å². The van der Waals surface area contributed by atoms with Crippen molar-refractivity contribution in [1.29, 1.82) is 0 Å². The van der Waals surface area contributed by atoms with Crippen LogP contribution in [0.1, 0.15) is 18.7 Å². The molecular weight excluding hydrogens is 171 g/mol. The second-order valence-corrected chi connectivity index (χ2v) is 3.51. The predicted molar refractivity (Wildman–Crippen MR) is 45.9 cm³/mol. The Hall–Kier alpha value is -0.970. The number of nitrogens with zero attached hydrogens (tertiary/aromatic N) is 3. The highest BCUT2D eigenvalue weighted by Crippen LogP contribution is 2.30. The second kappa shape index (κ2) is 3.06. The van der Waals surface area contributed by atoms with Crippen molar-refractivity contribution < 1.29 is 4.39 Å². The highest BCUT2D eigenvalue weighted by molar-refractivity contribution is 5.04. The van der Waals surface area contributed by atoms with E-state index < -0.39 is 5.67 Å². The fourth-order valence-corrected chi connectivity index (χ4v) is 1.75. The predicted octanol–water partition coefficient (Wildman–Crippen LogP) is 0.363. The summed E-state index contributed by atoms with van der Waals surface area (Å²) in [5, 5.41) is 10.5. The third-order valence-electron chi connectivity index (χ3n) is 2.44. The Kier molecular flexibility index (Phi) is 2.03. The monoisotopic (exact) mass is 184 g/mol. The van der Waals surface area contributed by atoms with Crippen LogP contribution >= 0.6 is 0 Å². The normalized spacial score (nSPS) is 29.1. The summed E-state index contributed by atoms with van der Waals surface area (Å²) in [4.78, 5) is 0. The molecule has 0 bridgehead atoms. The van der Waals surface area contributed by atoms with Crippen LogP contribution in [0, 0.1) is 0 Å². The van der Waals surface area contributed by atoms with Crippen LogP contribution in [0.25, 0.3) is 0 Å². The first-order valence-electron chi connectivity index (χ1n) is 4.46. The van der Waals surface area contributed by atoms with E-state index in [-0.39, 0.29) is 0 Å². The van der Waals surface area contributed by atoms with Gasteiger partial charge in [-0.3, -0.25) is 0 Å². The maximum Gasteiger partial charge on any atom is 0.182 e. The molecule has 0 aromatic carbocycles. The van der Waals surface area contributed by atoms with Gasteiger partial charge >= 0.3 is 0 Å². The van der Waals surface area contributed by atoms with Crippen LogP contribution in [-0.2, 0) is 12.7 Å². The topological polar surface area (TPSA) is 42.7 Å². The minimum absolute atomic E-state index is 0.347. The van der Waals surface area contributed by atoms with Gasteiger partial charge in [-0.2, -0.15) is 0 Å². The molecule has 0 spiro atoms. The van der Waals surface area contributed by atoms with Crippen molar-refractivity contribution in [3.63, 3.8) is 0 Å². The summed E-state index contributed by atoms with van der Waals surface area (Å²) in [6.07, 6.45) is 2.92. The molecule has 1 fully saturated rings. The van der Waals surface area contributed by atoms with Gasteiger partial charge in [0, 0.05) is 13.6 Å². The third-order valence-corrected chi connectivity index (χ3v) is 2.44. The quantitative estimate of drug-likeness (QED) is 0.685. The van der Waals surface area contributed by atoms with Crippen LogP contribution in [0.3, 0.4) is 0 Å².